The molecule has 0 aromatic rings. The van der Waals surface area contributed by atoms with Crippen molar-refractivity contribution < 1.29 is 183 Å². The molecule has 7 heterocycles. The quantitative estimate of drug-likeness (QED) is 0.0324. The van der Waals surface area contributed by atoms with Crippen LogP contribution in [-0.2, 0) is 75.9 Å². The van der Waals surface area contributed by atoms with E-state index in [0.29, 0.717) is 25.7 Å². The predicted octanol–water partition coefficient (Wildman–Crippen LogP) is -7.58. The Morgan fingerprint density at radius 3 is 1.67 bits per heavy atom. The summed E-state index contributed by atoms with van der Waals surface area (Å²) in [5, 5.41) is 233. The molecule has 0 bridgehead atoms. The summed E-state index contributed by atoms with van der Waals surface area (Å²) in [6.45, 7) is 7.30. The molecule has 0 unspecified atom stereocenters. The second kappa shape index (κ2) is 30.9. The monoisotopic (exact) mass is 1530 g/mol. The third-order valence-corrected chi connectivity index (χ3v) is 26.7. The molecule has 0 radical (unpaired) electrons. The summed E-state index contributed by atoms with van der Waals surface area (Å²) in [5.41, 5.74) is -8.00. The van der Waals surface area contributed by atoms with Crippen LogP contribution in [0.3, 0.4) is 0 Å². The number of carbonyl (C=O) groups is 2. The lowest BCUT2D eigenvalue weighted by Gasteiger charge is -2.71. The number of rotatable bonds is 19. The van der Waals surface area contributed by atoms with Gasteiger partial charge in [-0.05, 0) is 113 Å². The van der Waals surface area contributed by atoms with Gasteiger partial charge in [-0.2, -0.15) is 0 Å². The molecule has 12 aliphatic rings. The van der Waals surface area contributed by atoms with Gasteiger partial charge in [-0.3, -0.25) is 9.59 Å². The molecule has 0 spiro atoms. The molecule has 7 saturated heterocycles. The van der Waals surface area contributed by atoms with Crippen LogP contribution in [0.15, 0.2) is 11.6 Å². The summed E-state index contributed by atoms with van der Waals surface area (Å²) in [6.07, 6.45) is -53.0. The molecular weight excluding hydrogens is 1420 g/mol. The van der Waals surface area contributed by atoms with Crippen molar-refractivity contribution in [1.29, 1.82) is 0 Å². The fourth-order valence-corrected chi connectivity index (χ4v) is 20.2. The highest BCUT2D eigenvalue weighted by Gasteiger charge is 2.74. The van der Waals surface area contributed by atoms with Crippen LogP contribution >= 0.6 is 0 Å². The molecule has 21 N–H and O–H groups in total. The third kappa shape index (κ3) is 13.9. The number of aliphatic hydroxyl groups excluding tert-OH is 19. The SMILES string of the molecule is C[C@@H]1O[C@@H](O[C@H]2[C@H](OC(=O)[C@]34CCC(C)(C)C[C@H]3C3=CC[C@@H]5[C@@]6(C)C[C@H](O)[C@H](O[C@@H]7O[C@H](CO)[C@@H](O)[C@H](O)[C@H]7O)[C@@](C)(C(=O)O)[C@@H]6CC[C@@]5(C)[C@]3(CO)CC4)O[C@H](C)[C@H](O)[C@@H]2O)[C@H](O)[C@H](O[C@@H]2OC[C@](O)(CO)[C@H]2O)[C@H]1O[C@@H]1OC[C@@H](O[C@@H]2O[C@H](CO)[C@H](O)[C@H](O)[C@H]2O)[C@H](O[C@@H]2OC[C@H](O)[C@H](O)[C@H]2O)[C@H]1O. The van der Waals surface area contributed by atoms with E-state index in [4.69, 9.17) is 66.3 Å². The van der Waals surface area contributed by atoms with Crippen LogP contribution in [0.1, 0.15) is 106 Å². The van der Waals surface area contributed by atoms with Crippen molar-refractivity contribution in [2.45, 2.75) is 308 Å². The molecule has 4 saturated carbocycles. The average Bonchev–Trinajstić information content (AvgIpc) is 0.714. The fourth-order valence-electron chi connectivity index (χ4n) is 20.2. The van der Waals surface area contributed by atoms with Gasteiger partial charge in [0.1, 0.15) is 134 Å². The summed E-state index contributed by atoms with van der Waals surface area (Å²) in [7, 11) is 0. The highest BCUT2D eigenvalue weighted by atomic mass is 16.8. The van der Waals surface area contributed by atoms with Crippen molar-refractivity contribution in [3.63, 3.8) is 0 Å². The minimum Gasteiger partial charge on any atom is -0.481 e. The number of allylic oxidation sites excluding steroid dienone is 1. The highest BCUT2D eigenvalue weighted by Crippen LogP contribution is 2.76. The molecular formula is C69H110O37. The summed E-state index contributed by atoms with van der Waals surface area (Å²) >= 11 is 0. The Labute approximate surface area is 609 Å². The van der Waals surface area contributed by atoms with Gasteiger partial charge in [0.15, 0.2) is 43.8 Å². The molecule has 0 aromatic heterocycles. The Kier molecular flexibility index (Phi) is 24.2. The zero-order valence-electron chi connectivity index (χ0n) is 60.0. The molecule has 41 atom stereocenters. The Bertz CT molecular complexity index is 3080. The molecule has 37 heteroatoms. The second-order valence-electron chi connectivity index (χ2n) is 33.3. The molecule has 0 amide bonds. The number of hydrogen-bond donors (Lipinski definition) is 21. The maximum atomic E-state index is 15.9. The molecule has 12 rings (SSSR count). The van der Waals surface area contributed by atoms with Gasteiger partial charge in [-0.1, -0.05) is 39.3 Å². The summed E-state index contributed by atoms with van der Waals surface area (Å²) in [5.74, 6) is -3.85. The van der Waals surface area contributed by atoms with Crippen molar-refractivity contribution in [2.75, 3.05) is 46.2 Å². The molecule has 37 nitrogen and oxygen atoms in total. The number of hydrogen-bond acceptors (Lipinski definition) is 36. The Morgan fingerprint density at radius 2 is 1.06 bits per heavy atom. The van der Waals surface area contributed by atoms with Crippen LogP contribution < -0.4 is 0 Å². The van der Waals surface area contributed by atoms with E-state index in [9.17, 15) is 112 Å². The van der Waals surface area contributed by atoms with Gasteiger partial charge in [0.25, 0.3) is 0 Å². The first-order valence-corrected chi connectivity index (χ1v) is 36.7. The van der Waals surface area contributed by atoms with Crippen molar-refractivity contribution in [2.24, 2.45) is 50.2 Å². The molecule has 11 fully saturated rings. The van der Waals surface area contributed by atoms with E-state index in [0.717, 1.165) is 5.57 Å². The highest BCUT2D eigenvalue weighted by molar-refractivity contribution is 5.79. The number of fused-ring (bicyclic) bond motifs is 7. The predicted molar refractivity (Wildman–Crippen MR) is 345 cm³/mol. The third-order valence-electron chi connectivity index (χ3n) is 26.7. The molecule has 0 aromatic carbocycles. The Hall–Kier alpha value is -2.64. The fraction of sp³-hybridized carbons (Fsp3) is 0.942. The first-order valence-electron chi connectivity index (χ1n) is 36.7. The normalized spacial score (nSPS) is 54.6. The number of carboxylic acid groups (broad SMARTS) is 1. The van der Waals surface area contributed by atoms with Gasteiger partial charge in [0, 0.05) is 5.41 Å². The molecule has 608 valence electrons. The first kappa shape index (κ1) is 82.8. The molecule has 7 aliphatic heterocycles. The zero-order chi connectivity index (χ0) is 77.4. The van der Waals surface area contributed by atoms with Crippen molar-refractivity contribution in [1.82, 2.24) is 0 Å². The number of aliphatic carboxylic acids is 1. The summed E-state index contributed by atoms with van der Waals surface area (Å²) < 4.78 is 84.4. The van der Waals surface area contributed by atoms with Crippen LogP contribution in [-0.4, -0.2) is 368 Å². The van der Waals surface area contributed by atoms with Gasteiger partial charge >= 0.3 is 11.9 Å². The van der Waals surface area contributed by atoms with Crippen LogP contribution in [0.25, 0.3) is 0 Å². The minimum atomic E-state index is -2.32. The first-order chi connectivity index (χ1) is 49.8. The number of carboxylic acids is 1. The van der Waals surface area contributed by atoms with Crippen LogP contribution in [0.2, 0.25) is 0 Å². The largest absolute Gasteiger partial charge is 0.481 e. The van der Waals surface area contributed by atoms with Crippen LogP contribution in [0.4, 0.5) is 0 Å². The zero-order valence-corrected chi connectivity index (χ0v) is 60.0. The number of esters is 1. The van der Waals surface area contributed by atoms with E-state index in [1.165, 1.54) is 20.8 Å². The topological polar surface area (TPSA) is 588 Å². The number of aliphatic hydroxyl groups is 20. The lowest BCUT2D eigenvalue weighted by atomic mass is 9.33. The van der Waals surface area contributed by atoms with E-state index in [1.54, 1.807) is 0 Å². The smallest absolute Gasteiger partial charge is 0.315 e. The standard InChI is InChI=1S/C69H110O37/c1-25-36(76)42(82)51(104-58-47(87)50(103-60-52(88)69(92,23-73)24-95-60)48(26(2)97-58)101-55-46(86)49(102-54-43(83)37(77)30(75)20-93-54)33(21-94-55)100-56-44(84)40(80)38(78)31(18-70)98-56)59(96-25)106-62(91)67-13-12-63(3,4)16-28(67)27-8-9-34-64(5)17-29(74)53(105-57-45(85)41(81)39(79)32(19-71)99-57)66(7,61(89)90)35(64)10-11-65(34,6)68(27,22-72)15-14-67/h8,25-26,28-60,70-88,92H,9-24H2,1-7H3,(H,89,90)/t25-,26+,28+,29+,30+,31-,32-,33-,34-,35-,36+,37+,38+,39-,40+,41+,42+,43-,44-,45-,46-,47-,48+,49+,50+,51-,52+,53+,54+,55+,56+,57+,58+,59+,60+,64-,65-,66+,67+,68+,69-/m1/s1. The second-order valence-corrected chi connectivity index (χ2v) is 33.3. The van der Waals surface area contributed by atoms with Crippen molar-refractivity contribution >= 4 is 11.9 Å². The minimum absolute atomic E-state index is 0.0138. The number of carbonyl (C=O) groups excluding carboxylic acids is 1. The van der Waals surface area contributed by atoms with Crippen LogP contribution in [0.5, 0.6) is 0 Å². The van der Waals surface area contributed by atoms with E-state index < -0.39 is 311 Å². The van der Waals surface area contributed by atoms with Gasteiger partial charge in [0.05, 0.1) is 75.4 Å². The summed E-state index contributed by atoms with van der Waals surface area (Å²) in [6, 6.07) is 0. The van der Waals surface area contributed by atoms with E-state index in [2.05, 4.69) is 20.8 Å². The molecule has 106 heavy (non-hydrogen) atoms. The lowest BCUT2D eigenvalue weighted by Crippen LogP contribution is -2.71. The maximum Gasteiger partial charge on any atom is 0.315 e. The maximum absolute atomic E-state index is 15.9. The Morgan fingerprint density at radius 1 is 0.500 bits per heavy atom. The van der Waals surface area contributed by atoms with Crippen LogP contribution in [0, 0.1) is 50.2 Å². The van der Waals surface area contributed by atoms with Gasteiger partial charge in [0.2, 0.25) is 6.29 Å². The van der Waals surface area contributed by atoms with E-state index >= 15 is 4.79 Å². The lowest BCUT2D eigenvalue weighted by molar-refractivity contribution is -0.395. The van der Waals surface area contributed by atoms with Gasteiger partial charge in [-0.25, -0.2) is 0 Å². The number of ether oxygens (including phenoxy) is 14. The van der Waals surface area contributed by atoms with Gasteiger partial charge < -0.3 is 174 Å². The average molecular weight is 1530 g/mol. The van der Waals surface area contributed by atoms with E-state index in [1.807, 2.05) is 13.0 Å². The van der Waals surface area contributed by atoms with Crippen molar-refractivity contribution in [3.8, 4) is 0 Å². The Balaban J connectivity index is 0.807. The summed E-state index contributed by atoms with van der Waals surface area (Å²) in [4.78, 5) is 29.8. The van der Waals surface area contributed by atoms with Crippen molar-refractivity contribution in [3.05, 3.63) is 11.6 Å². The molecule has 5 aliphatic carbocycles. The van der Waals surface area contributed by atoms with Gasteiger partial charge in [-0.15, -0.1) is 0 Å². The van der Waals surface area contributed by atoms with E-state index in [-0.39, 0.29) is 32.1 Å².